The molecule has 0 amide bonds. The normalized spacial score (nSPS) is 12.9. The number of aromatic nitrogens is 3. The number of anilines is 4. The molecular weight excluding hydrogens is 492 g/mol. The van der Waals surface area contributed by atoms with Crippen LogP contribution in [0.4, 0.5) is 23.5 Å². The lowest BCUT2D eigenvalue weighted by molar-refractivity contribution is 0.105. The monoisotopic (exact) mass is 514 g/mol. The van der Waals surface area contributed by atoms with Crippen LogP contribution in [0.15, 0.2) is 41.3 Å². The highest BCUT2D eigenvalue weighted by atomic mass is 32.2. The van der Waals surface area contributed by atoms with E-state index in [4.69, 9.17) is 9.66 Å². The van der Waals surface area contributed by atoms with Gasteiger partial charge in [-0.2, -0.15) is 31.8 Å². The fourth-order valence-electron chi connectivity index (χ4n) is 2.84. The van der Waals surface area contributed by atoms with Crippen molar-refractivity contribution in [2.45, 2.75) is 11.0 Å². The highest BCUT2D eigenvalue weighted by Gasteiger charge is 2.15. The van der Waals surface area contributed by atoms with Crippen LogP contribution in [0.25, 0.3) is 10.8 Å². The van der Waals surface area contributed by atoms with Crippen molar-refractivity contribution in [3.8, 4) is 0 Å². The summed E-state index contributed by atoms with van der Waals surface area (Å²) in [6.07, 6.45) is -1.08. The van der Waals surface area contributed by atoms with E-state index in [0.29, 0.717) is 16.5 Å². The van der Waals surface area contributed by atoms with E-state index in [9.17, 15) is 26.5 Å². The highest BCUT2D eigenvalue weighted by Crippen LogP contribution is 2.27. The molecule has 1 unspecified atom stereocenters. The largest absolute Gasteiger partial charge is 0.394 e. The molecule has 3 aromatic rings. The van der Waals surface area contributed by atoms with Crippen molar-refractivity contribution in [1.82, 2.24) is 15.0 Å². The van der Waals surface area contributed by atoms with Crippen molar-refractivity contribution >= 4 is 54.5 Å². The Morgan fingerprint density at radius 3 is 2.24 bits per heavy atom. The number of fused-ring (bicyclic) bond motifs is 1. The molecule has 16 heteroatoms. The molecule has 14 nitrogen and oxygen atoms in total. The Morgan fingerprint density at radius 2 is 1.59 bits per heavy atom. The lowest BCUT2D eigenvalue weighted by Crippen LogP contribution is -2.24. The first-order valence-electron chi connectivity index (χ1n) is 9.70. The van der Waals surface area contributed by atoms with E-state index in [0.717, 1.165) is 0 Å². The quantitative estimate of drug-likeness (QED) is 0.168. The molecule has 184 valence electrons. The Morgan fingerprint density at radius 1 is 0.912 bits per heavy atom. The molecule has 0 fully saturated rings. The highest BCUT2D eigenvalue weighted by molar-refractivity contribution is 7.86. The Bertz CT molecular complexity index is 1380. The summed E-state index contributed by atoms with van der Waals surface area (Å²) >= 11 is 0. The number of aliphatic hydroxyl groups excluding tert-OH is 2. The summed E-state index contributed by atoms with van der Waals surface area (Å²) in [6.45, 7) is -0.778. The molecule has 0 aliphatic heterocycles. The second-order valence-electron chi connectivity index (χ2n) is 7.03. The fourth-order valence-corrected chi connectivity index (χ4v) is 3.92. The first-order chi connectivity index (χ1) is 15.9. The minimum absolute atomic E-state index is 0.00574. The van der Waals surface area contributed by atoms with Crippen LogP contribution < -0.4 is 16.0 Å². The molecule has 0 saturated carbocycles. The molecule has 2 aromatic carbocycles. The Kier molecular flexibility index (Phi) is 7.80. The van der Waals surface area contributed by atoms with Crippen molar-refractivity contribution in [3.63, 3.8) is 0 Å². The maximum absolute atomic E-state index is 11.6. The second-order valence-corrected chi connectivity index (χ2v) is 9.99. The number of hydrogen-bond acceptors (Lipinski definition) is 12. The number of nitrogens with one attached hydrogen (secondary N) is 3. The van der Waals surface area contributed by atoms with Crippen LogP contribution in [0, 0.1) is 0 Å². The topological polar surface area (TPSA) is 224 Å². The lowest BCUT2D eigenvalue weighted by atomic mass is 10.1. The van der Waals surface area contributed by atoms with Crippen molar-refractivity contribution < 1.29 is 36.2 Å². The van der Waals surface area contributed by atoms with Gasteiger partial charge < -0.3 is 26.2 Å². The van der Waals surface area contributed by atoms with Crippen LogP contribution in [0.2, 0.25) is 0 Å². The van der Waals surface area contributed by atoms with Crippen LogP contribution in [0.5, 0.6) is 0 Å². The fraction of sp³-hybridized carbons (Fsp3) is 0.278. The van der Waals surface area contributed by atoms with E-state index in [1.165, 1.54) is 24.3 Å². The van der Waals surface area contributed by atoms with E-state index in [-0.39, 0.29) is 35.8 Å². The van der Waals surface area contributed by atoms with Gasteiger partial charge in [-0.3, -0.25) is 9.11 Å². The number of benzene rings is 2. The number of hydrogen-bond donors (Lipinski definition) is 7. The van der Waals surface area contributed by atoms with Crippen LogP contribution in [0.3, 0.4) is 0 Å². The lowest BCUT2D eigenvalue weighted by Gasteiger charge is -2.13. The predicted molar refractivity (Wildman–Crippen MR) is 123 cm³/mol. The Balaban J connectivity index is 1.89. The van der Waals surface area contributed by atoms with Crippen molar-refractivity contribution in [1.29, 1.82) is 0 Å². The van der Waals surface area contributed by atoms with Gasteiger partial charge in [0.15, 0.2) is 0 Å². The van der Waals surface area contributed by atoms with Gasteiger partial charge >= 0.3 is 0 Å². The van der Waals surface area contributed by atoms with Gasteiger partial charge in [0.1, 0.15) is 4.90 Å². The summed E-state index contributed by atoms with van der Waals surface area (Å²) in [6, 6.07) is 9.03. The van der Waals surface area contributed by atoms with E-state index in [1.54, 1.807) is 12.1 Å². The van der Waals surface area contributed by atoms with Gasteiger partial charge in [0.2, 0.25) is 17.8 Å². The molecule has 0 saturated heterocycles. The number of rotatable bonds is 11. The molecular formula is C18H22N6O8S2. The van der Waals surface area contributed by atoms with Gasteiger partial charge in [-0.25, -0.2) is 0 Å². The first kappa shape index (κ1) is 25.5. The average molecular weight is 515 g/mol. The molecule has 1 heterocycles. The van der Waals surface area contributed by atoms with E-state index in [1.807, 2.05) is 0 Å². The van der Waals surface area contributed by atoms with Crippen LogP contribution in [0.1, 0.15) is 0 Å². The predicted octanol–water partition coefficient (Wildman–Crippen LogP) is 0.0799. The molecule has 1 aromatic heterocycles. The second kappa shape index (κ2) is 10.4. The minimum Gasteiger partial charge on any atom is -0.394 e. The van der Waals surface area contributed by atoms with Gasteiger partial charge in [-0.15, -0.1) is 0 Å². The molecule has 34 heavy (non-hydrogen) atoms. The van der Waals surface area contributed by atoms with Crippen molar-refractivity contribution in [2.24, 2.45) is 0 Å². The SMILES string of the molecule is O=S(=O)(O)CCNc1nc(NCC(O)CO)nc(Nc2ccc3c(S(=O)(=O)O)cccc3c2)n1. The van der Waals surface area contributed by atoms with Crippen molar-refractivity contribution in [2.75, 3.05) is 41.4 Å². The van der Waals surface area contributed by atoms with Crippen LogP contribution in [-0.4, -0.2) is 82.7 Å². The maximum Gasteiger partial charge on any atom is 0.295 e. The molecule has 0 bridgehead atoms. The number of aliphatic hydroxyl groups is 2. The Hall–Kier alpha value is -3.15. The zero-order chi connectivity index (χ0) is 24.9. The maximum atomic E-state index is 11.6. The first-order valence-corrected chi connectivity index (χ1v) is 12.7. The molecule has 0 aliphatic rings. The van der Waals surface area contributed by atoms with Gasteiger partial charge in [0.25, 0.3) is 20.2 Å². The third kappa shape index (κ3) is 7.17. The standard InChI is InChI=1S/C18H22N6O8S2/c25-10-13(26)9-20-17-22-16(19-6-7-33(27,28)29)23-18(24-17)21-12-4-5-14-11(8-12)2-1-3-15(14)34(30,31)32/h1-5,8,13,25-26H,6-7,9-10H2,(H,27,28,29)(H,30,31,32)(H3,19,20,21,22,23,24). The molecule has 3 rings (SSSR count). The van der Waals surface area contributed by atoms with Gasteiger partial charge in [-0.05, 0) is 23.6 Å². The van der Waals surface area contributed by atoms with E-state index < -0.39 is 38.7 Å². The summed E-state index contributed by atoms with van der Waals surface area (Å²) < 4.78 is 63.3. The molecule has 7 N–H and O–H groups in total. The summed E-state index contributed by atoms with van der Waals surface area (Å²) in [4.78, 5) is 12.1. The summed E-state index contributed by atoms with van der Waals surface area (Å²) in [5, 5.41) is 27.6. The average Bonchev–Trinajstić information content (AvgIpc) is 2.75. The van der Waals surface area contributed by atoms with E-state index >= 15 is 0 Å². The molecule has 0 spiro atoms. The molecule has 1 atom stereocenters. The Labute approximate surface area is 194 Å². The smallest absolute Gasteiger partial charge is 0.295 e. The van der Waals surface area contributed by atoms with Crippen LogP contribution >= 0.6 is 0 Å². The summed E-state index contributed by atoms with van der Waals surface area (Å²) in [5.41, 5.74) is 0.455. The summed E-state index contributed by atoms with van der Waals surface area (Å²) in [7, 11) is -8.63. The van der Waals surface area contributed by atoms with E-state index in [2.05, 4.69) is 30.9 Å². The molecule has 0 radical (unpaired) electrons. The number of nitrogens with zero attached hydrogens (tertiary/aromatic N) is 3. The zero-order valence-corrected chi connectivity index (χ0v) is 19.1. The van der Waals surface area contributed by atoms with Gasteiger partial charge in [0.05, 0.1) is 18.5 Å². The van der Waals surface area contributed by atoms with Crippen LogP contribution in [-0.2, 0) is 20.2 Å². The van der Waals surface area contributed by atoms with Gasteiger partial charge in [-0.1, -0.05) is 18.2 Å². The van der Waals surface area contributed by atoms with Gasteiger partial charge in [0, 0.05) is 24.2 Å². The zero-order valence-electron chi connectivity index (χ0n) is 17.4. The minimum atomic E-state index is -4.42. The third-order valence-electron chi connectivity index (χ3n) is 4.36. The summed E-state index contributed by atoms with van der Waals surface area (Å²) in [5.74, 6) is -0.630. The third-order valence-corrected chi connectivity index (χ3v) is 5.99. The van der Waals surface area contributed by atoms with Crippen molar-refractivity contribution in [3.05, 3.63) is 36.4 Å². The molecule has 0 aliphatic carbocycles.